The van der Waals surface area contributed by atoms with Gasteiger partial charge in [-0.3, -0.25) is 5.32 Å². The Bertz CT molecular complexity index is 732. The SMILES string of the molecule is O=C(Nc1nnc(C2CC2)s1)N1CCO[C@H](c2ccc(F)cc2)C1. The highest BCUT2D eigenvalue weighted by Gasteiger charge is 2.29. The van der Waals surface area contributed by atoms with E-state index in [4.69, 9.17) is 4.74 Å². The fraction of sp³-hybridized carbons (Fsp3) is 0.438. The highest BCUT2D eigenvalue weighted by Crippen LogP contribution is 2.42. The lowest BCUT2D eigenvalue weighted by Crippen LogP contribution is -2.44. The average molecular weight is 348 g/mol. The lowest BCUT2D eigenvalue weighted by atomic mass is 10.1. The van der Waals surface area contributed by atoms with Gasteiger partial charge in [-0.25, -0.2) is 9.18 Å². The van der Waals surface area contributed by atoms with Gasteiger partial charge in [0.15, 0.2) is 0 Å². The van der Waals surface area contributed by atoms with Crippen molar-refractivity contribution in [3.63, 3.8) is 0 Å². The molecule has 126 valence electrons. The summed E-state index contributed by atoms with van der Waals surface area (Å²) in [6.07, 6.45) is 2.07. The zero-order chi connectivity index (χ0) is 16.5. The topological polar surface area (TPSA) is 67.4 Å². The Kier molecular flexibility index (Phi) is 4.15. The number of amides is 2. The molecule has 0 radical (unpaired) electrons. The second kappa shape index (κ2) is 6.45. The van der Waals surface area contributed by atoms with Crippen LogP contribution in [-0.4, -0.2) is 40.8 Å². The van der Waals surface area contributed by atoms with E-state index in [1.807, 2.05) is 0 Å². The Hall–Kier alpha value is -2.06. The molecular formula is C16H17FN4O2S. The molecule has 1 saturated carbocycles. The molecule has 6 nitrogen and oxygen atoms in total. The van der Waals surface area contributed by atoms with Gasteiger partial charge in [0.25, 0.3) is 0 Å². The quantitative estimate of drug-likeness (QED) is 0.925. The number of carbonyl (C=O) groups is 1. The summed E-state index contributed by atoms with van der Waals surface area (Å²) in [5, 5.41) is 12.5. The van der Waals surface area contributed by atoms with Crippen molar-refractivity contribution in [1.29, 1.82) is 0 Å². The summed E-state index contributed by atoms with van der Waals surface area (Å²) in [6, 6.07) is 5.97. The number of anilines is 1. The predicted molar refractivity (Wildman–Crippen MR) is 87.6 cm³/mol. The summed E-state index contributed by atoms with van der Waals surface area (Å²) in [6.45, 7) is 1.38. The van der Waals surface area contributed by atoms with Crippen molar-refractivity contribution in [3.8, 4) is 0 Å². The van der Waals surface area contributed by atoms with Crippen LogP contribution < -0.4 is 5.32 Å². The molecule has 2 aromatic rings. The number of benzene rings is 1. The molecule has 4 rings (SSSR count). The van der Waals surface area contributed by atoms with Gasteiger partial charge in [-0.2, -0.15) is 0 Å². The maximum atomic E-state index is 13.0. The molecule has 1 saturated heterocycles. The van der Waals surface area contributed by atoms with Crippen LogP contribution in [0.2, 0.25) is 0 Å². The van der Waals surface area contributed by atoms with Crippen molar-refractivity contribution in [3.05, 3.63) is 40.7 Å². The van der Waals surface area contributed by atoms with Crippen molar-refractivity contribution in [2.24, 2.45) is 0 Å². The number of aromatic nitrogens is 2. The van der Waals surface area contributed by atoms with E-state index in [-0.39, 0.29) is 18.0 Å². The van der Waals surface area contributed by atoms with Gasteiger partial charge < -0.3 is 9.64 Å². The van der Waals surface area contributed by atoms with Crippen LogP contribution in [0.1, 0.15) is 35.4 Å². The summed E-state index contributed by atoms with van der Waals surface area (Å²) in [7, 11) is 0. The smallest absolute Gasteiger partial charge is 0.323 e. The Morgan fingerprint density at radius 1 is 1.29 bits per heavy atom. The predicted octanol–water partition coefficient (Wildman–Crippen LogP) is 3.16. The number of hydrogen-bond acceptors (Lipinski definition) is 5. The lowest BCUT2D eigenvalue weighted by molar-refractivity contribution is -0.0135. The minimum Gasteiger partial charge on any atom is -0.370 e. The van der Waals surface area contributed by atoms with Gasteiger partial charge in [0, 0.05) is 12.5 Å². The van der Waals surface area contributed by atoms with Gasteiger partial charge in [0.1, 0.15) is 16.9 Å². The maximum Gasteiger partial charge on any atom is 0.323 e. The third kappa shape index (κ3) is 3.39. The highest BCUT2D eigenvalue weighted by molar-refractivity contribution is 7.15. The van der Waals surface area contributed by atoms with Crippen LogP contribution in [0.5, 0.6) is 0 Å². The first-order valence-corrected chi connectivity index (χ1v) is 8.77. The molecule has 1 aromatic heterocycles. The number of ether oxygens (including phenoxy) is 1. The highest BCUT2D eigenvalue weighted by atomic mass is 32.1. The summed E-state index contributed by atoms with van der Waals surface area (Å²) in [5.74, 6) is 0.242. The minimum absolute atomic E-state index is 0.205. The zero-order valence-corrected chi connectivity index (χ0v) is 13.8. The molecule has 1 N–H and O–H groups in total. The van der Waals surface area contributed by atoms with Crippen LogP contribution in [-0.2, 0) is 4.74 Å². The number of nitrogens with zero attached hydrogens (tertiary/aromatic N) is 3. The van der Waals surface area contributed by atoms with E-state index in [1.165, 1.54) is 23.5 Å². The van der Waals surface area contributed by atoms with E-state index in [9.17, 15) is 9.18 Å². The maximum absolute atomic E-state index is 13.0. The van der Waals surface area contributed by atoms with E-state index >= 15 is 0 Å². The summed E-state index contributed by atoms with van der Waals surface area (Å²) in [5.41, 5.74) is 0.862. The first kappa shape index (κ1) is 15.5. The molecule has 1 aromatic carbocycles. The fourth-order valence-corrected chi connectivity index (χ4v) is 3.57. The van der Waals surface area contributed by atoms with E-state index < -0.39 is 0 Å². The number of urea groups is 1. The molecule has 1 aliphatic heterocycles. The lowest BCUT2D eigenvalue weighted by Gasteiger charge is -2.32. The summed E-state index contributed by atoms with van der Waals surface area (Å²) < 4.78 is 18.7. The molecule has 1 aliphatic carbocycles. The van der Waals surface area contributed by atoms with E-state index in [0.717, 1.165) is 23.4 Å². The summed E-state index contributed by atoms with van der Waals surface area (Å²) in [4.78, 5) is 14.1. The van der Waals surface area contributed by atoms with Gasteiger partial charge in [0.05, 0.1) is 13.2 Å². The molecule has 0 bridgehead atoms. The number of carbonyl (C=O) groups excluding carboxylic acids is 1. The van der Waals surface area contributed by atoms with E-state index in [2.05, 4.69) is 15.5 Å². The zero-order valence-electron chi connectivity index (χ0n) is 12.9. The van der Waals surface area contributed by atoms with Gasteiger partial charge in [-0.15, -0.1) is 10.2 Å². The average Bonchev–Trinajstić information content (AvgIpc) is 3.35. The van der Waals surface area contributed by atoms with Crippen LogP contribution >= 0.6 is 11.3 Å². The third-order valence-corrected chi connectivity index (χ3v) is 5.18. The molecule has 2 fully saturated rings. The van der Waals surface area contributed by atoms with Crippen LogP contribution in [0.25, 0.3) is 0 Å². The Balaban J connectivity index is 1.39. The molecular weight excluding hydrogens is 331 g/mol. The van der Waals surface area contributed by atoms with Crippen molar-refractivity contribution in [1.82, 2.24) is 15.1 Å². The van der Waals surface area contributed by atoms with Crippen LogP contribution in [0, 0.1) is 5.82 Å². The number of nitrogens with one attached hydrogen (secondary N) is 1. The second-order valence-corrected chi connectivity index (χ2v) is 7.02. The fourth-order valence-electron chi connectivity index (χ4n) is 2.66. The van der Waals surface area contributed by atoms with Crippen molar-refractivity contribution in [2.75, 3.05) is 25.0 Å². The summed E-state index contributed by atoms with van der Waals surface area (Å²) >= 11 is 1.44. The van der Waals surface area contributed by atoms with Gasteiger partial charge in [-0.1, -0.05) is 23.5 Å². The molecule has 8 heteroatoms. The Morgan fingerprint density at radius 3 is 2.83 bits per heavy atom. The van der Waals surface area contributed by atoms with Gasteiger partial charge in [0.2, 0.25) is 5.13 Å². The van der Waals surface area contributed by atoms with Crippen LogP contribution in [0.15, 0.2) is 24.3 Å². The van der Waals surface area contributed by atoms with Crippen molar-refractivity contribution < 1.29 is 13.9 Å². The first-order chi connectivity index (χ1) is 11.7. The van der Waals surface area contributed by atoms with E-state index in [0.29, 0.717) is 30.7 Å². The number of halogens is 1. The number of rotatable bonds is 3. The van der Waals surface area contributed by atoms with Crippen LogP contribution in [0.4, 0.5) is 14.3 Å². The van der Waals surface area contributed by atoms with Crippen molar-refractivity contribution in [2.45, 2.75) is 24.9 Å². The monoisotopic (exact) mass is 348 g/mol. The molecule has 1 atom stereocenters. The molecule has 2 aliphatic rings. The van der Waals surface area contributed by atoms with Crippen molar-refractivity contribution >= 4 is 22.5 Å². The van der Waals surface area contributed by atoms with Gasteiger partial charge in [-0.05, 0) is 30.5 Å². The minimum atomic E-state index is -0.285. The third-order valence-electron chi connectivity index (χ3n) is 4.18. The Labute approximate surface area is 142 Å². The molecule has 2 heterocycles. The van der Waals surface area contributed by atoms with Gasteiger partial charge >= 0.3 is 6.03 Å². The standard InChI is InChI=1S/C16H17FN4O2S/c17-12-5-3-10(4-6-12)13-9-21(7-8-23-13)16(22)18-15-20-19-14(24-15)11-1-2-11/h3-6,11,13H,1-2,7-9H2,(H,18,20,22)/t13-/m0/s1. The molecule has 0 unspecified atom stereocenters. The second-order valence-electron chi connectivity index (χ2n) is 6.01. The largest absolute Gasteiger partial charge is 0.370 e. The molecule has 24 heavy (non-hydrogen) atoms. The number of morpholine rings is 1. The number of hydrogen-bond donors (Lipinski definition) is 1. The first-order valence-electron chi connectivity index (χ1n) is 7.95. The van der Waals surface area contributed by atoms with Crippen LogP contribution in [0.3, 0.4) is 0 Å². The Morgan fingerprint density at radius 2 is 2.08 bits per heavy atom. The van der Waals surface area contributed by atoms with E-state index in [1.54, 1.807) is 17.0 Å². The molecule has 2 amide bonds. The molecule has 0 spiro atoms. The normalized spacial score (nSPS) is 20.9.